The first-order valence-electron chi connectivity index (χ1n) is 10.5. The monoisotopic (exact) mass is 430 g/mol. The predicted molar refractivity (Wildman–Crippen MR) is 121 cm³/mol. The molecule has 6 heteroatoms. The number of benzene rings is 2. The number of piperidine rings is 1. The van der Waals surface area contributed by atoms with Crippen LogP contribution >= 0.6 is 11.6 Å². The van der Waals surface area contributed by atoms with Gasteiger partial charge in [-0.15, -0.1) is 0 Å². The van der Waals surface area contributed by atoms with E-state index in [0.29, 0.717) is 23.3 Å². The van der Waals surface area contributed by atoms with Gasteiger partial charge in [0, 0.05) is 30.7 Å². The van der Waals surface area contributed by atoms with Crippen LogP contribution < -0.4 is 14.8 Å². The highest BCUT2D eigenvalue weighted by Gasteiger charge is 2.27. The van der Waals surface area contributed by atoms with Gasteiger partial charge in [-0.2, -0.15) is 0 Å². The summed E-state index contributed by atoms with van der Waals surface area (Å²) in [6.07, 6.45) is 0.924. The summed E-state index contributed by atoms with van der Waals surface area (Å²) in [4.78, 5) is 14.7. The number of nitrogens with one attached hydrogen (secondary N) is 1. The Labute approximate surface area is 184 Å². The van der Waals surface area contributed by atoms with Crippen LogP contribution in [0.4, 0.5) is 0 Å². The fourth-order valence-electron chi connectivity index (χ4n) is 3.64. The fourth-order valence-corrected chi connectivity index (χ4v) is 3.81. The third-order valence-corrected chi connectivity index (χ3v) is 5.95. The molecule has 0 bridgehead atoms. The molecule has 162 valence electrons. The van der Waals surface area contributed by atoms with Crippen LogP contribution in [-0.2, 0) is 4.79 Å². The van der Waals surface area contributed by atoms with Crippen LogP contribution in [0.1, 0.15) is 24.5 Å². The summed E-state index contributed by atoms with van der Waals surface area (Å²) in [6.45, 7) is 9.61. The number of likely N-dealkylation sites (tertiary alicyclic amines) is 1. The van der Waals surface area contributed by atoms with Crippen molar-refractivity contribution in [3.8, 4) is 11.5 Å². The molecule has 1 amide bonds. The number of amides is 1. The van der Waals surface area contributed by atoms with E-state index in [2.05, 4.69) is 36.2 Å². The van der Waals surface area contributed by atoms with E-state index >= 15 is 0 Å². The van der Waals surface area contributed by atoms with E-state index in [1.807, 2.05) is 31.2 Å². The average molecular weight is 431 g/mol. The van der Waals surface area contributed by atoms with Crippen molar-refractivity contribution in [2.24, 2.45) is 5.92 Å². The Hall–Kier alpha value is -2.24. The molecule has 2 atom stereocenters. The zero-order valence-electron chi connectivity index (χ0n) is 18.0. The predicted octanol–water partition coefficient (Wildman–Crippen LogP) is 4.24. The lowest BCUT2D eigenvalue weighted by Gasteiger charge is -2.37. The van der Waals surface area contributed by atoms with Crippen molar-refractivity contribution < 1.29 is 14.3 Å². The van der Waals surface area contributed by atoms with Gasteiger partial charge < -0.3 is 14.8 Å². The van der Waals surface area contributed by atoms with Crippen molar-refractivity contribution in [3.05, 3.63) is 58.6 Å². The normalized spacial score (nSPS) is 19.3. The molecule has 1 fully saturated rings. The van der Waals surface area contributed by atoms with Crippen LogP contribution in [0.25, 0.3) is 0 Å². The van der Waals surface area contributed by atoms with E-state index in [4.69, 9.17) is 21.1 Å². The molecule has 1 heterocycles. The van der Waals surface area contributed by atoms with Crippen LogP contribution in [-0.4, -0.2) is 49.7 Å². The minimum Gasteiger partial charge on any atom is -0.492 e. The SMILES string of the molecule is Cc1ccc(OCCN2CCC(NC(=O)COc3ccc(C)c(Cl)c3)C(C)C2)cc1. The van der Waals surface area contributed by atoms with Crippen molar-refractivity contribution in [3.63, 3.8) is 0 Å². The van der Waals surface area contributed by atoms with Crippen LogP contribution in [0.2, 0.25) is 5.02 Å². The minimum atomic E-state index is -0.0975. The fraction of sp³-hybridized carbons (Fsp3) is 0.458. The van der Waals surface area contributed by atoms with Gasteiger partial charge in [-0.1, -0.05) is 42.3 Å². The lowest BCUT2D eigenvalue weighted by molar-refractivity contribution is -0.124. The Kier molecular flexibility index (Phi) is 8.00. The molecule has 1 aliphatic heterocycles. The van der Waals surface area contributed by atoms with Crippen molar-refractivity contribution >= 4 is 17.5 Å². The summed E-state index contributed by atoms with van der Waals surface area (Å²) in [5, 5.41) is 3.76. The Morgan fingerprint density at radius 1 is 1.13 bits per heavy atom. The first-order valence-corrected chi connectivity index (χ1v) is 10.9. The van der Waals surface area contributed by atoms with Gasteiger partial charge in [-0.25, -0.2) is 0 Å². The Morgan fingerprint density at radius 3 is 2.57 bits per heavy atom. The molecule has 2 aromatic rings. The smallest absolute Gasteiger partial charge is 0.258 e. The summed E-state index contributed by atoms with van der Waals surface area (Å²) in [5.41, 5.74) is 2.21. The molecule has 3 rings (SSSR count). The summed E-state index contributed by atoms with van der Waals surface area (Å²) < 4.78 is 11.4. The molecule has 0 aliphatic carbocycles. The van der Waals surface area contributed by atoms with Crippen LogP contribution in [0, 0.1) is 19.8 Å². The largest absolute Gasteiger partial charge is 0.492 e. The van der Waals surface area contributed by atoms with E-state index in [1.54, 1.807) is 6.07 Å². The molecule has 1 aliphatic rings. The van der Waals surface area contributed by atoms with Crippen molar-refractivity contribution in [1.29, 1.82) is 0 Å². The highest BCUT2D eigenvalue weighted by molar-refractivity contribution is 6.31. The van der Waals surface area contributed by atoms with E-state index < -0.39 is 0 Å². The molecule has 30 heavy (non-hydrogen) atoms. The van der Waals surface area contributed by atoms with Gasteiger partial charge in [0.25, 0.3) is 5.91 Å². The lowest BCUT2D eigenvalue weighted by atomic mass is 9.94. The number of rotatable bonds is 8. The van der Waals surface area contributed by atoms with Gasteiger partial charge in [0.2, 0.25) is 0 Å². The van der Waals surface area contributed by atoms with Gasteiger partial charge in [0.1, 0.15) is 18.1 Å². The van der Waals surface area contributed by atoms with Gasteiger partial charge >= 0.3 is 0 Å². The molecular weight excluding hydrogens is 400 g/mol. The highest BCUT2D eigenvalue weighted by Crippen LogP contribution is 2.22. The first-order chi connectivity index (χ1) is 14.4. The van der Waals surface area contributed by atoms with Gasteiger partial charge in [0.05, 0.1) is 0 Å². The zero-order chi connectivity index (χ0) is 21.5. The molecular formula is C24H31ClN2O3. The number of hydrogen-bond acceptors (Lipinski definition) is 4. The van der Waals surface area contributed by atoms with Crippen molar-refractivity contribution in [2.75, 3.05) is 32.8 Å². The van der Waals surface area contributed by atoms with E-state index in [-0.39, 0.29) is 18.6 Å². The molecule has 2 aromatic carbocycles. The number of carbonyl (C=O) groups excluding carboxylic acids is 1. The second-order valence-electron chi connectivity index (χ2n) is 8.10. The minimum absolute atomic E-state index is 0.00326. The van der Waals surface area contributed by atoms with Crippen molar-refractivity contribution in [2.45, 2.75) is 33.2 Å². The van der Waals surface area contributed by atoms with E-state index in [9.17, 15) is 4.79 Å². The van der Waals surface area contributed by atoms with E-state index in [1.165, 1.54) is 5.56 Å². The maximum atomic E-state index is 12.3. The third kappa shape index (κ3) is 6.64. The van der Waals surface area contributed by atoms with Gasteiger partial charge in [-0.3, -0.25) is 9.69 Å². The average Bonchev–Trinajstić information content (AvgIpc) is 2.72. The van der Waals surface area contributed by atoms with Crippen LogP contribution in [0.15, 0.2) is 42.5 Å². The second-order valence-corrected chi connectivity index (χ2v) is 8.51. The molecule has 0 aromatic heterocycles. The summed E-state index contributed by atoms with van der Waals surface area (Å²) >= 11 is 6.10. The quantitative estimate of drug-likeness (QED) is 0.680. The number of nitrogens with zero attached hydrogens (tertiary/aromatic N) is 1. The van der Waals surface area contributed by atoms with Crippen LogP contribution in [0.5, 0.6) is 11.5 Å². The topological polar surface area (TPSA) is 50.8 Å². The first kappa shape index (κ1) is 22.4. The Bertz CT molecular complexity index is 841. The molecule has 0 saturated carbocycles. The van der Waals surface area contributed by atoms with Gasteiger partial charge in [0.15, 0.2) is 6.61 Å². The zero-order valence-corrected chi connectivity index (χ0v) is 18.7. The number of carbonyl (C=O) groups is 1. The summed E-state index contributed by atoms with van der Waals surface area (Å²) in [7, 11) is 0. The summed E-state index contributed by atoms with van der Waals surface area (Å²) in [6, 6.07) is 13.7. The lowest BCUT2D eigenvalue weighted by Crippen LogP contribution is -2.51. The Morgan fingerprint density at radius 2 is 1.87 bits per heavy atom. The molecule has 1 N–H and O–H groups in total. The molecule has 0 radical (unpaired) electrons. The number of halogens is 1. The highest BCUT2D eigenvalue weighted by atomic mass is 35.5. The third-order valence-electron chi connectivity index (χ3n) is 5.55. The number of hydrogen-bond donors (Lipinski definition) is 1. The van der Waals surface area contributed by atoms with Crippen molar-refractivity contribution in [1.82, 2.24) is 10.2 Å². The second kappa shape index (κ2) is 10.7. The number of ether oxygens (including phenoxy) is 2. The molecule has 1 saturated heterocycles. The maximum absolute atomic E-state index is 12.3. The molecule has 2 unspecified atom stereocenters. The summed E-state index contributed by atoms with van der Waals surface area (Å²) in [5.74, 6) is 1.79. The maximum Gasteiger partial charge on any atom is 0.258 e. The standard InChI is InChI=1S/C24H31ClN2O3/c1-17-4-7-20(8-5-17)29-13-12-27-11-10-23(19(3)15-27)26-24(28)16-30-21-9-6-18(2)22(25)14-21/h4-9,14,19,23H,10-13,15-16H2,1-3H3,(H,26,28). The van der Waals surface area contributed by atoms with E-state index in [0.717, 1.165) is 37.4 Å². The Balaban J connectivity index is 1.36. The van der Waals surface area contributed by atoms with Crippen LogP contribution in [0.3, 0.4) is 0 Å². The van der Waals surface area contributed by atoms with Gasteiger partial charge in [-0.05, 0) is 56.0 Å². The number of aryl methyl sites for hydroxylation is 2. The molecule has 5 nitrogen and oxygen atoms in total. The molecule has 0 spiro atoms.